The average Bonchev–Trinajstić information content (AvgIpc) is 2.17. The maximum Gasteiger partial charge on any atom is 0.0445 e. The normalized spacial score (nSPS) is 30.2. The van der Waals surface area contributed by atoms with Gasteiger partial charge in [-0.2, -0.15) is 0 Å². The van der Waals surface area contributed by atoms with Crippen molar-refractivity contribution < 1.29 is 5.11 Å². The molecule has 0 spiro atoms. The molecule has 2 heteroatoms. The lowest BCUT2D eigenvalue weighted by atomic mass is 9.83. The zero-order chi connectivity index (χ0) is 10.4. The van der Waals surface area contributed by atoms with Gasteiger partial charge in [0, 0.05) is 12.6 Å². The fourth-order valence-corrected chi connectivity index (χ4v) is 2.20. The second-order valence-corrected chi connectivity index (χ2v) is 4.95. The van der Waals surface area contributed by atoms with Crippen molar-refractivity contribution >= 4 is 0 Å². The highest BCUT2D eigenvalue weighted by atomic mass is 16.3. The molecule has 0 aromatic heterocycles. The Labute approximate surface area is 88.1 Å². The van der Waals surface area contributed by atoms with E-state index in [9.17, 15) is 0 Å². The van der Waals surface area contributed by atoms with Gasteiger partial charge in [-0.15, -0.1) is 0 Å². The van der Waals surface area contributed by atoms with Gasteiger partial charge in [0.25, 0.3) is 0 Å². The average molecular weight is 199 g/mol. The number of hydrogen-bond acceptors (Lipinski definition) is 2. The van der Waals surface area contributed by atoms with E-state index in [1.807, 2.05) is 0 Å². The smallest absolute Gasteiger partial charge is 0.0445 e. The Balaban J connectivity index is 2.06. The Kier molecular flexibility index (Phi) is 5.49. The Morgan fingerprint density at radius 1 is 1.29 bits per heavy atom. The quantitative estimate of drug-likeness (QED) is 0.711. The molecule has 0 heterocycles. The Hall–Kier alpha value is -0.0800. The van der Waals surface area contributed by atoms with Crippen LogP contribution in [-0.2, 0) is 0 Å². The minimum atomic E-state index is 0.301. The Bertz CT molecular complexity index is 141. The van der Waals surface area contributed by atoms with Crippen LogP contribution in [0.1, 0.15) is 46.0 Å². The molecule has 1 aliphatic carbocycles. The molecule has 0 radical (unpaired) electrons. The highest BCUT2D eigenvalue weighted by Gasteiger charge is 2.18. The SMILES string of the molecule is CC1CCC(CN[C@H](C)CCO)CC1. The zero-order valence-corrected chi connectivity index (χ0v) is 9.63. The highest BCUT2D eigenvalue weighted by Crippen LogP contribution is 2.27. The third kappa shape index (κ3) is 4.43. The van der Waals surface area contributed by atoms with Crippen LogP contribution in [0.5, 0.6) is 0 Å². The molecule has 0 unspecified atom stereocenters. The fraction of sp³-hybridized carbons (Fsp3) is 1.00. The molecule has 1 saturated carbocycles. The van der Waals surface area contributed by atoms with Gasteiger partial charge in [0.1, 0.15) is 0 Å². The third-order valence-electron chi connectivity index (χ3n) is 3.45. The first-order chi connectivity index (χ1) is 6.72. The summed E-state index contributed by atoms with van der Waals surface area (Å²) in [6, 6.07) is 0.472. The lowest BCUT2D eigenvalue weighted by Crippen LogP contribution is -2.33. The van der Waals surface area contributed by atoms with Crippen molar-refractivity contribution in [3.63, 3.8) is 0 Å². The maximum atomic E-state index is 8.77. The molecule has 1 fully saturated rings. The first-order valence-electron chi connectivity index (χ1n) is 6.06. The van der Waals surface area contributed by atoms with Crippen LogP contribution in [0.15, 0.2) is 0 Å². The summed E-state index contributed by atoms with van der Waals surface area (Å²) < 4.78 is 0. The molecular formula is C12H25NO. The van der Waals surface area contributed by atoms with E-state index in [0.717, 1.165) is 24.8 Å². The summed E-state index contributed by atoms with van der Waals surface area (Å²) in [6.45, 7) is 5.96. The van der Waals surface area contributed by atoms with E-state index < -0.39 is 0 Å². The van der Waals surface area contributed by atoms with E-state index in [0.29, 0.717) is 12.6 Å². The summed E-state index contributed by atoms with van der Waals surface area (Å²) >= 11 is 0. The highest BCUT2D eigenvalue weighted by molar-refractivity contribution is 4.73. The number of hydrogen-bond donors (Lipinski definition) is 2. The predicted octanol–water partition coefficient (Wildman–Crippen LogP) is 2.17. The van der Waals surface area contributed by atoms with Crippen LogP contribution in [0.25, 0.3) is 0 Å². The van der Waals surface area contributed by atoms with E-state index in [-0.39, 0.29) is 0 Å². The maximum absolute atomic E-state index is 8.77. The van der Waals surface area contributed by atoms with Crippen molar-refractivity contribution in [1.29, 1.82) is 0 Å². The van der Waals surface area contributed by atoms with Gasteiger partial charge in [0.15, 0.2) is 0 Å². The molecule has 0 saturated heterocycles. The molecule has 0 amide bonds. The molecule has 0 aliphatic heterocycles. The number of aliphatic hydroxyl groups excluding tert-OH is 1. The van der Waals surface area contributed by atoms with Crippen LogP contribution in [0.2, 0.25) is 0 Å². The van der Waals surface area contributed by atoms with Gasteiger partial charge in [-0.3, -0.25) is 0 Å². The fourth-order valence-electron chi connectivity index (χ4n) is 2.20. The van der Waals surface area contributed by atoms with Crippen LogP contribution in [0, 0.1) is 11.8 Å². The molecule has 0 aromatic rings. The van der Waals surface area contributed by atoms with Gasteiger partial charge in [-0.25, -0.2) is 0 Å². The third-order valence-corrected chi connectivity index (χ3v) is 3.45. The number of rotatable bonds is 5. The molecule has 84 valence electrons. The lowest BCUT2D eigenvalue weighted by molar-refractivity contribution is 0.249. The molecule has 0 aromatic carbocycles. The van der Waals surface area contributed by atoms with E-state index in [1.165, 1.54) is 25.7 Å². The van der Waals surface area contributed by atoms with E-state index >= 15 is 0 Å². The van der Waals surface area contributed by atoms with Gasteiger partial charge in [-0.1, -0.05) is 19.8 Å². The predicted molar refractivity (Wildman–Crippen MR) is 60.3 cm³/mol. The van der Waals surface area contributed by atoms with Crippen molar-refractivity contribution in [3.05, 3.63) is 0 Å². The largest absolute Gasteiger partial charge is 0.396 e. The molecule has 0 bridgehead atoms. The van der Waals surface area contributed by atoms with Crippen molar-refractivity contribution in [2.45, 2.75) is 52.0 Å². The Morgan fingerprint density at radius 2 is 1.93 bits per heavy atom. The molecule has 1 atom stereocenters. The van der Waals surface area contributed by atoms with Crippen LogP contribution in [-0.4, -0.2) is 24.3 Å². The van der Waals surface area contributed by atoms with Crippen LogP contribution >= 0.6 is 0 Å². The zero-order valence-electron chi connectivity index (χ0n) is 9.63. The summed E-state index contributed by atoms with van der Waals surface area (Å²) in [7, 11) is 0. The monoisotopic (exact) mass is 199 g/mol. The van der Waals surface area contributed by atoms with Crippen molar-refractivity contribution in [2.24, 2.45) is 11.8 Å². The first-order valence-corrected chi connectivity index (χ1v) is 6.06. The number of nitrogens with one attached hydrogen (secondary N) is 1. The molecule has 14 heavy (non-hydrogen) atoms. The standard InChI is InChI=1S/C12H25NO/c1-10-3-5-12(6-4-10)9-13-11(2)7-8-14/h10-14H,3-9H2,1-2H3/t10?,11-,12?/m1/s1. The van der Waals surface area contributed by atoms with Gasteiger partial charge in [0.2, 0.25) is 0 Å². The summed E-state index contributed by atoms with van der Waals surface area (Å²) in [4.78, 5) is 0. The van der Waals surface area contributed by atoms with Crippen molar-refractivity contribution in [2.75, 3.05) is 13.2 Å². The van der Waals surface area contributed by atoms with E-state index in [2.05, 4.69) is 19.2 Å². The van der Waals surface area contributed by atoms with Crippen LogP contribution in [0.4, 0.5) is 0 Å². The summed E-state index contributed by atoms with van der Waals surface area (Å²) in [5.74, 6) is 1.83. The first kappa shape index (κ1) is 12.0. The van der Waals surface area contributed by atoms with E-state index in [1.54, 1.807) is 0 Å². The lowest BCUT2D eigenvalue weighted by Gasteiger charge is -2.27. The minimum absolute atomic E-state index is 0.301. The summed E-state index contributed by atoms with van der Waals surface area (Å²) in [6.07, 6.45) is 6.46. The molecule has 2 nitrogen and oxygen atoms in total. The van der Waals surface area contributed by atoms with Crippen LogP contribution < -0.4 is 5.32 Å². The van der Waals surface area contributed by atoms with Crippen molar-refractivity contribution in [3.8, 4) is 0 Å². The van der Waals surface area contributed by atoms with Gasteiger partial charge >= 0.3 is 0 Å². The second-order valence-electron chi connectivity index (χ2n) is 4.95. The van der Waals surface area contributed by atoms with Gasteiger partial charge in [0.05, 0.1) is 0 Å². The van der Waals surface area contributed by atoms with Gasteiger partial charge < -0.3 is 10.4 Å². The topological polar surface area (TPSA) is 32.3 Å². The minimum Gasteiger partial charge on any atom is -0.396 e. The molecule has 1 rings (SSSR count). The second kappa shape index (κ2) is 6.41. The van der Waals surface area contributed by atoms with Crippen molar-refractivity contribution in [1.82, 2.24) is 5.32 Å². The Morgan fingerprint density at radius 3 is 2.50 bits per heavy atom. The molecule has 2 N–H and O–H groups in total. The molecule has 1 aliphatic rings. The summed E-state index contributed by atoms with van der Waals surface area (Å²) in [5.41, 5.74) is 0. The van der Waals surface area contributed by atoms with Crippen LogP contribution in [0.3, 0.4) is 0 Å². The van der Waals surface area contributed by atoms with Gasteiger partial charge in [-0.05, 0) is 44.6 Å². The summed E-state index contributed by atoms with van der Waals surface area (Å²) in [5, 5.41) is 12.3. The van der Waals surface area contributed by atoms with E-state index in [4.69, 9.17) is 5.11 Å². The molecular weight excluding hydrogens is 174 g/mol. The number of aliphatic hydroxyl groups is 1.